The van der Waals surface area contributed by atoms with E-state index >= 15 is 0 Å². The summed E-state index contributed by atoms with van der Waals surface area (Å²) in [7, 11) is 0. The lowest BCUT2D eigenvalue weighted by atomic mass is 9.97. The van der Waals surface area contributed by atoms with Crippen LogP contribution in [-0.4, -0.2) is 21.6 Å². The third-order valence-corrected chi connectivity index (χ3v) is 6.94. The summed E-state index contributed by atoms with van der Waals surface area (Å²) in [6.45, 7) is 5.27. The van der Waals surface area contributed by atoms with Gasteiger partial charge >= 0.3 is 0 Å². The minimum absolute atomic E-state index is 0.727. The second-order valence-electron chi connectivity index (χ2n) is 7.68. The lowest BCUT2D eigenvalue weighted by molar-refractivity contribution is 0.262. The lowest BCUT2D eigenvalue weighted by Gasteiger charge is -2.16. The molecule has 3 heterocycles. The highest BCUT2D eigenvalue weighted by atomic mass is 32.1. The third-order valence-electron chi connectivity index (χ3n) is 5.76. The van der Waals surface area contributed by atoms with Crippen molar-refractivity contribution in [3.05, 3.63) is 35.0 Å². The fourth-order valence-electron chi connectivity index (χ4n) is 4.14. The number of aromatic nitrogens is 3. The highest BCUT2D eigenvalue weighted by Gasteiger charge is 2.22. The number of hydrogen-bond donors (Lipinski definition) is 0. The van der Waals surface area contributed by atoms with Crippen molar-refractivity contribution >= 4 is 21.6 Å². The summed E-state index contributed by atoms with van der Waals surface area (Å²) in [5.74, 6) is 2.25. The van der Waals surface area contributed by atoms with E-state index in [0.29, 0.717) is 0 Å². The topological polar surface area (TPSA) is 47.9 Å². The number of rotatable bonds is 8. The van der Waals surface area contributed by atoms with Crippen molar-refractivity contribution in [2.75, 3.05) is 6.61 Å². The van der Waals surface area contributed by atoms with Crippen LogP contribution in [-0.2, 0) is 12.8 Å². The summed E-state index contributed by atoms with van der Waals surface area (Å²) in [5, 5.41) is 1.17. The van der Waals surface area contributed by atoms with Gasteiger partial charge in [0.2, 0.25) is 5.88 Å². The number of fused-ring (bicyclic) bond motifs is 3. The first-order valence-electron chi connectivity index (χ1n) is 10.7. The van der Waals surface area contributed by atoms with Gasteiger partial charge in [0.05, 0.1) is 12.0 Å². The van der Waals surface area contributed by atoms with E-state index in [2.05, 4.69) is 18.8 Å². The van der Waals surface area contributed by atoms with Crippen molar-refractivity contribution in [2.45, 2.75) is 65.2 Å². The van der Waals surface area contributed by atoms with Crippen LogP contribution in [0.25, 0.3) is 21.6 Å². The van der Waals surface area contributed by atoms with Crippen LogP contribution in [0.15, 0.2) is 24.5 Å². The van der Waals surface area contributed by atoms with Crippen molar-refractivity contribution in [1.82, 2.24) is 15.0 Å². The van der Waals surface area contributed by atoms with Crippen LogP contribution in [0.2, 0.25) is 0 Å². The quantitative estimate of drug-likeness (QED) is 0.454. The summed E-state index contributed by atoms with van der Waals surface area (Å²) in [6, 6.07) is 3.93. The van der Waals surface area contributed by atoms with Gasteiger partial charge in [-0.25, -0.2) is 4.98 Å². The predicted molar refractivity (Wildman–Crippen MR) is 116 cm³/mol. The summed E-state index contributed by atoms with van der Waals surface area (Å²) < 4.78 is 6.32. The molecule has 0 saturated carbocycles. The van der Waals surface area contributed by atoms with Crippen LogP contribution in [0.4, 0.5) is 0 Å². The molecule has 3 aromatic rings. The van der Waals surface area contributed by atoms with Gasteiger partial charge in [0.25, 0.3) is 0 Å². The van der Waals surface area contributed by atoms with E-state index in [4.69, 9.17) is 14.7 Å². The van der Waals surface area contributed by atoms with Gasteiger partial charge in [-0.2, -0.15) is 4.98 Å². The van der Waals surface area contributed by atoms with E-state index in [9.17, 15) is 0 Å². The van der Waals surface area contributed by atoms with Crippen LogP contribution in [0.3, 0.4) is 0 Å². The average Bonchev–Trinajstić information content (AvgIpc) is 3.12. The first-order chi connectivity index (χ1) is 13.8. The van der Waals surface area contributed by atoms with Gasteiger partial charge in [0.15, 0.2) is 5.82 Å². The molecule has 0 spiro atoms. The zero-order valence-corrected chi connectivity index (χ0v) is 17.7. The van der Waals surface area contributed by atoms with E-state index in [0.717, 1.165) is 53.9 Å². The largest absolute Gasteiger partial charge is 0.477 e. The molecule has 4 rings (SSSR count). The van der Waals surface area contributed by atoms with Gasteiger partial charge in [-0.15, -0.1) is 11.3 Å². The Morgan fingerprint density at radius 2 is 1.89 bits per heavy atom. The molecule has 0 aromatic carbocycles. The zero-order valence-electron chi connectivity index (χ0n) is 16.9. The Kier molecular flexibility index (Phi) is 6.20. The molecule has 1 aliphatic rings. The Morgan fingerprint density at radius 3 is 2.68 bits per heavy atom. The summed E-state index contributed by atoms with van der Waals surface area (Å²) >= 11 is 1.83. The van der Waals surface area contributed by atoms with E-state index in [1.165, 1.54) is 47.9 Å². The second kappa shape index (κ2) is 8.99. The molecule has 0 N–H and O–H groups in total. The van der Waals surface area contributed by atoms with Crippen LogP contribution in [0, 0.1) is 5.92 Å². The molecule has 5 heteroatoms. The van der Waals surface area contributed by atoms with Crippen molar-refractivity contribution in [3.8, 4) is 17.3 Å². The molecular weight excluding hydrogens is 366 g/mol. The highest BCUT2D eigenvalue weighted by molar-refractivity contribution is 7.18. The molecule has 0 saturated heterocycles. The Hall–Kier alpha value is -2.01. The van der Waals surface area contributed by atoms with Gasteiger partial charge in [0, 0.05) is 22.8 Å². The molecule has 4 nitrogen and oxygen atoms in total. The number of thiophene rings is 1. The first-order valence-corrected chi connectivity index (χ1v) is 11.5. The number of ether oxygens (including phenoxy) is 1. The monoisotopic (exact) mass is 395 g/mol. The molecule has 0 bridgehead atoms. The maximum absolute atomic E-state index is 6.32. The second-order valence-corrected chi connectivity index (χ2v) is 8.76. The predicted octanol–water partition coefficient (Wildman–Crippen LogP) is 6.23. The summed E-state index contributed by atoms with van der Waals surface area (Å²) in [5.41, 5.74) is 2.42. The third kappa shape index (κ3) is 4.04. The average molecular weight is 396 g/mol. The molecule has 0 aliphatic heterocycles. The van der Waals surface area contributed by atoms with Crippen molar-refractivity contribution in [1.29, 1.82) is 0 Å². The van der Waals surface area contributed by atoms with E-state index in [1.807, 2.05) is 23.5 Å². The minimum atomic E-state index is 0.727. The number of aryl methyl sites for hydroxylation is 2. The molecule has 1 atom stereocenters. The van der Waals surface area contributed by atoms with Crippen molar-refractivity contribution in [3.63, 3.8) is 0 Å². The first kappa shape index (κ1) is 19.3. The molecular formula is C23H29N3OS. The molecule has 28 heavy (non-hydrogen) atoms. The fourth-order valence-corrected chi connectivity index (χ4v) is 5.39. The zero-order chi connectivity index (χ0) is 19.3. The lowest BCUT2D eigenvalue weighted by Crippen LogP contribution is -2.08. The number of hydrogen-bond acceptors (Lipinski definition) is 5. The van der Waals surface area contributed by atoms with Crippen LogP contribution in [0.1, 0.15) is 62.8 Å². The molecule has 1 unspecified atom stereocenters. The SMILES string of the molecule is CCCC(CC)CCOc1nc(-c2ccncc2)nc2sc3c(c12)CCCC3. The van der Waals surface area contributed by atoms with Crippen LogP contribution >= 0.6 is 11.3 Å². The molecule has 3 aromatic heterocycles. The van der Waals surface area contributed by atoms with Gasteiger partial charge in [-0.05, 0) is 55.7 Å². The Bertz CT molecular complexity index is 922. The molecule has 0 fully saturated rings. The molecule has 0 radical (unpaired) electrons. The summed E-state index contributed by atoms with van der Waals surface area (Å²) in [4.78, 5) is 16.4. The van der Waals surface area contributed by atoms with Gasteiger partial charge < -0.3 is 4.74 Å². The molecule has 1 aliphatic carbocycles. The van der Waals surface area contributed by atoms with Gasteiger partial charge in [-0.3, -0.25) is 4.98 Å². The standard InChI is InChI=1S/C23H29N3OS/c1-3-7-16(4-2)12-15-27-22-20-18-8-5-6-9-19(18)28-23(20)26-21(25-22)17-10-13-24-14-11-17/h10-11,13-14,16H,3-9,12,15H2,1-2H3. The smallest absolute Gasteiger partial charge is 0.226 e. The minimum Gasteiger partial charge on any atom is -0.477 e. The van der Waals surface area contributed by atoms with Crippen LogP contribution in [0.5, 0.6) is 5.88 Å². The van der Waals surface area contributed by atoms with Gasteiger partial charge in [-0.1, -0.05) is 33.1 Å². The number of pyridine rings is 1. The van der Waals surface area contributed by atoms with Gasteiger partial charge in [0.1, 0.15) is 4.83 Å². The summed E-state index contributed by atoms with van der Waals surface area (Å²) in [6.07, 6.45) is 13.2. The molecule has 0 amide bonds. The van der Waals surface area contributed by atoms with E-state index in [1.54, 1.807) is 12.4 Å². The maximum Gasteiger partial charge on any atom is 0.226 e. The van der Waals surface area contributed by atoms with Crippen molar-refractivity contribution in [2.24, 2.45) is 5.92 Å². The Morgan fingerprint density at radius 1 is 1.07 bits per heavy atom. The number of nitrogens with zero attached hydrogens (tertiary/aromatic N) is 3. The molecule has 148 valence electrons. The highest BCUT2D eigenvalue weighted by Crippen LogP contribution is 2.40. The Balaban J connectivity index is 1.68. The fraction of sp³-hybridized carbons (Fsp3) is 0.522. The normalized spacial score (nSPS) is 14.8. The van der Waals surface area contributed by atoms with E-state index < -0.39 is 0 Å². The van der Waals surface area contributed by atoms with Crippen molar-refractivity contribution < 1.29 is 4.74 Å². The van der Waals surface area contributed by atoms with Crippen LogP contribution < -0.4 is 4.74 Å². The Labute approximate surface area is 171 Å². The van der Waals surface area contributed by atoms with E-state index in [-0.39, 0.29) is 0 Å². The maximum atomic E-state index is 6.32.